The molecule has 0 aromatic heterocycles. The lowest BCUT2D eigenvalue weighted by Gasteiger charge is -2.36. The number of ether oxygens (including phenoxy) is 1. The monoisotopic (exact) mass is 385 g/mol. The van der Waals surface area contributed by atoms with E-state index in [1.807, 2.05) is 0 Å². The van der Waals surface area contributed by atoms with Crippen LogP contribution in [0, 0.1) is 5.92 Å². The number of nitrogens with one attached hydrogen (secondary N) is 1. The molecule has 28 heavy (non-hydrogen) atoms. The van der Waals surface area contributed by atoms with Crippen LogP contribution in [0.15, 0.2) is 35.3 Å². The van der Waals surface area contributed by atoms with Gasteiger partial charge in [0.05, 0.1) is 18.8 Å². The quantitative estimate of drug-likeness (QED) is 0.615. The molecule has 4 rings (SSSR count). The van der Waals surface area contributed by atoms with E-state index < -0.39 is 0 Å². The summed E-state index contributed by atoms with van der Waals surface area (Å²) in [7, 11) is 2.21. The van der Waals surface area contributed by atoms with Crippen molar-refractivity contribution >= 4 is 5.96 Å². The second kappa shape index (κ2) is 9.25. The Labute approximate surface area is 169 Å². The van der Waals surface area contributed by atoms with E-state index in [1.165, 1.54) is 25.1 Å². The Morgan fingerprint density at radius 2 is 2.04 bits per heavy atom. The lowest BCUT2D eigenvalue weighted by Crippen LogP contribution is -2.50. The van der Waals surface area contributed by atoms with Crippen molar-refractivity contribution in [1.29, 1.82) is 0 Å². The topological polar surface area (TPSA) is 43.3 Å². The van der Waals surface area contributed by atoms with E-state index in [0.29, 0.717) is 12.0 Å². The summed E-state index contributed by atoms with van der Waals surface area (Å²) in [6, 6.07) is 11.2. The van der Waals surface area contributed by atoms with Gasteiger partial charge in [-0.15, -0.1) is 0 Å². The first-order chi connectivity index (χ1) is 13.7. The van der Waals surface area contributed by atoms with Crippen molar-refractivity contribution in [3.8, 4) is 0 Å². The molecule has 1 aromatic rings. The zero-order valence-corrected chi connectivity index (χ0v) is 17.4. The fourth-order valence-corrected chi connectivity index (χ4v) is 4.76. The highest BCUT2D eigenvalue weighted by atomic mass is 16.5. The standard InChI is InChI=1S/C22H35N5O/c1-3-23-22(24-13-19-9-10-25(2)14-19)27-16-20-21(17-27)28-12-11-26(20)15-18-7-5-4-6-8-18/h4-8,19-21H,3,9-17H2,1-2H3,(H,23,24). The molecule has 1 aromatic carbocycles. The lowest BCUT2D eigenvalue weighted by molar-refractivity contribution is -0.0502. The molecule has 3 aliphatic rings. The highest BCUT2D eigenvalue weighted by Gasteiger charge is 2.41. The molecule has 3 unspecified atom stereocenters. The second-order valence-electron chi connectivity index (χ2n) is 8.45. The van der Waals surface area contributed by atoms with Gasteiger partial charge in [0.25, 0.3) is 0 Å². The number of hydrogen-bond acceptors (Lipinski definition) is 4. The number of guanidine groups is 1. The molecule has 0 bridgehead atoms. The van der Waals surface area contributed by atoms with Gasteiger partial charge < -0.3 is 19.9 Å². The zero-order chi connectivity index (χ0) is 19.3. The smallest absolute Gasteiger partial charge is 0.194 e. The number of hydrogen-bond donors (Lipinski definition) is 1. The van der Waals surface area contributed by atoms with E-state index in [-0.39, 0.29) is 6.10 Å². The van der Waals surface area contributed by atoms with E-state index in [0.717, 1.165) is 51.8 Å². The minimum absolute atomic E-state index is 0.277. The minimum atomic E-state index is 0.277. The predicted octanol–water partition coefficient (Wildman–Crippen LogP) is 1.49. The molecule has 0 spiro atoms. The molecule has 0 aliphatic carbocycles. The molecule has 3 fully saturated rings. The number of likely N-dealkylation sites (tertiary alicyclic amines) is 2. The van der Waals surface area contributed by atoms with Crippen LogP contribution in [-0.4, -0.2) is 92.3 Å². The summed E-state index contributed by atoms with van der Waals surface area (Å²) < 4.78 is 6.15. The molecule has 6 nitrogen and oxygen atoms in total. The summed E-state index contributed by atoms with van der Waals surface area (Å²) in [6.45, 7) is 11.1. The predicted molar refractivity (Wildman–Crippen MR) is 114 cm³/mol. The first-order valence-corrected chi connectivity index (χ1v) is 10.8. The number of nitrogens with zero attached hydrogens (tertiary/aromatic N) is 4. The van der Waals surface area contributed by atoms with E-state index in [1.54, 1.807) is 0 Å². The van der Waals surface area contributed by atoms with Crippen LogP contribution in [-0.2, 0) is 11.3 Å². The van der Waals surface area contributed by atoms with Crippen LogP contribution in [0.25, 0.3) is 0 Å². The molecule has 0 radical (unpaired) electrons. The molecule has 3 heterocycles. The molecular weight excluding hydrogens is 350 g/mol. The third kappa shape index (κ3) is 4.67. The van der Waals surface area contributed by atoms with Gasteiger partial charge in [-0.2, -0.15) is 0 Å². The Hall–Kier alpha value is -1.63. The van der Waals surface area contributed by atoms with Crippen molar-refractivity contribution in [3.63, 3.8) is 0 Å². The normalized spacial score (nSPS) is 29.3. The van der Waals surface area contributed by atoms with Crippen molar-refractivity contribution in [3.05, 3.63) is 35.9 Å². The van der Waals surface area contributed by atoms with Crippen molar-refractivity contribution < 1.29 is 4.74 Å². The maximum atomic E-state index is 6.15. The van der Waals surface area contributed by atoms with Crippen LogP contribution in [0.5, 0.6) is 0 Å². The first kappa shape index (κ1) is 19.7. The van der Waals surface area contributed by atoms with Crippen molar-refractivity contribution in [2.24, 2.45) is 10.9 Å². The van der Waals surface area contributed by atoms with Crippen LogP contribution < -0.4 is 5.32 Å². The number of fused-ring (bicyclic) bond motifs is 1. The fourth-order valence-electron chi connectivity index (χ4n) is 4.76. The van der Waals surface area contributed by atoms with E-state index in [2.05, 4.69) is 64.3 Å². The van der Waals surface area contributed by atoms with E-state index in [9.17, 15) is 0 Å². The summed E-state index contributed by atoms with van der Waals surface area (Å²) >= 11 is 0. The lowest BCUT2D eigenvalue weighted by atomic mass is 10.1. The molecule has 6 heteroatoms. The summed E-state index contributed by atoms with van der Waals surface area (Å²) in [5, 5.41) is 3.52. The molecule has 0 saturated carbocycles. The second-order valence-corrected chi connectivity index (χ2v) is 8.45. The van der Waals surface area contributed by atoms with Crippen LogP contribution in [0.1, 0.15) is 18.9 Å². The van der Waals surface area contributed by atoms with Gasteiger partial charge >= 0.3 is 0 Å². The highest BCUT2D eigenvalue weighted by molar-refractivity contribution is 5.80. The van der Waals surface area contributed by atoms with Crippen molar-refractivity contribution in [1.82, 2.24) is 20.0 Å². The van der Waals surface area contributed by atoms with E-state index >= 15 is 0 Å². The van der Waals surface area contributed by atoms with Gasteiger partial charge in [0.1, 0.15) is 0 Å². The highest BCUT2D eigenvalue weighted by Crippen LogP contribution is 2.25. The molecular formula is C22H35N5O. The molecule has 3 aliphatic heterocycles. The SMILES string of the molecule is CCNC(=NCC1CCN(C)C1)N1CC2OCCN(Cc3ccccc3)C2C1. The Balaban J connectivity index is 1.40. The zero-order valence-electron chi connectivity index (χ0n) is 17.4. The molecule has 1 N–H and O–H groups in total. The first-order valence-electron chi connectivity index (χ1n) is 10.8. The van der Waals surface area contributed by atoms with Gasteiger partial charge in [-0.05, 0) is 38.4 Å². The largest absolute Gasteiger partial charge is 0.373 e. The fraction of sp³-hybridized carbons (Fsp3) is 0.682. The van der Waals surface area contributed by atoms with Gasteiger partial charge in [0, 0.05) is 45.8 Å². The molecule has 3 atom stereocenters. The average Bonchev–Trinajstić information content (AvgIpc) is 3.32. The number of rotatable bonds is 5. The molecule has 3 saturated heterocycles. The van der Waals surface area contributed by atoms with Crippen LogP contribution in [0.4, 0.5) is 0 Å². The van der Waals surface area contributed by atoms with Crippen molar-refractivity contribution in [2.75, 3.05) is 59.5 Å². The maximum Gasteiger partial charge on any atom is 0.194 e. The average molecular weight is 386 g/mol. The maximum absolute atomic E-state index is 6.15. The van der Waals surface area contributed by atoms with Crippen LogP contribution in [0.2, 0.25) is 0 Å². The number of benzene rings is 1. The molecule has 154 valence electrons. The summed E-state index contributed by atoms with van der Waals surface area (Å²) in [6.07, 6.45) is 1.54. The van der Waals surface area contributed by atoms with Crippen LogP contribution >= 0.6 is 0 Å². The van der Waals surface area contributed by atoms with Crippen LogP contribution in [0.3, 0.4) is 0 Å². The van der Waals surface area contributed by atoms with Gasteiger partial charge in [0.2, 0.25) is 0 Å². The Kier molecular flexibility index (Phi) is 6.50. The van der Waals surface area contributed by atoms with Gasteiger partial charge in [-0.3, -0.25) is 9.89 Å². The summed E-state index contributed by atoms with van der Waals surface area (Å²) in [5.74, 6) is 1.75. The Morgan fingerprint density at radius 1 is 1.18 bits per heavy atom. The third-order valence-corrected chi connectivity index (χ3v) is 6.27. The summed E-state index contributed by atoms with van der Waals surface area (Å²) in [5.41, 5.74) is 1.38. The number of aliphatic imine (C=N–C) groups is 1. The molecule has 0 amide bonds. The van der Waals surface area contributed by atoms with Crippen molar-refractivity contribution in [2.45, 2.75) is 32.0 Å². The minimum Gasteiger partial charge on any atom is -0.373 e. The van der Waals surface area contributed by atoms with Gasteiger partial charge in [-0.1, -0.05) is 30.3 Å². The summed E-state index contributed by atoms with van der Waals surface area (Å²) in [4.78, 5) is 12.4. The van der Waals surface area contributed by atoms with E-state index in [4.69, 9.17) is 9.73 Å². The third-order valence-electron chi connectivity index (χ3n) is 6.27. The Bertz CT molecular complexity index is 652. The van der Waals surface area contributed by atoms with Gasteiger partial charge in [-0.25, -0.2) is 0 Å². The number of morpholine rings is 1. The van der Waals surface area contributed by atoms with Gasteiger partial charge in [0.15, 0.2) is 5.96 Å². The Morgan fingerprint density at radius 3 is 2.79 bits per heavy atom.